The van der Waals surface area contributed by atoms with Crippen LogP contribution in [0.25, 0.3) is 0 Å². The van der Waals surface area contributed by atoms with E-state index in [-0.39, 0.29) is 38.6 Å². The van der Waals surface area contributed by atoms with E-state index < -0.39 is 24.3 Å². The number of aliphatic carboxylic acids is 1. The molecule has 9 nitrogen and oxygen atoms in total. The molecule has 0 amide bonds. The number of rotatable bonds is 56. The molecule has 2 unspecified atom stereocenters. The Morgan fingerprint density at radius 2 is 0.720 bits per heavy atom. The highest BCUT2D eigenvalue weighted by Crippen LogP contribution is 2.17. The molecular weight excluding hydrogens is 935 g/mol. The lowest BCUT2D eigenvalue weighted by Crippen LogP contribution is -2.40. The van der Waals surface area contributed by atoms with Crippen molar-refractivity contribution in [1.82, 2.24) is 0 Å². The minimum atomic E-state index is -1.52. The van der Waals surface area contributed by atoms with E-state index in [0.717, 1.165) is 103 Å². The number of unbranched alkanes of at least 4 members (excludes halogenated alkanes) is 27. The molecule has 0 fully saturated rings. The maximum absolute atomic E-state index is 12.9. The van der Waals surface area contributed by atoms with E-state index in [9.17, 15) is 19.5 Å². The first-order chi connectivity index (χ1) is 36.6. The van der Waals surface area contributed by atoms with Crippen LogP contribution in [-0.2, 0) is 33.3 Å². The highest BCUT2D eigenvalue weighted by molar-refractivity contribution is 5.71. The predicted octanol–water partition coefficient (Wildman–Crippen LogP) is 18.3. The minimum Gasteiger partial charge on any atom is -0.477 e. The van der Waals surface area contributed by atoms with Crippen LogP contribution in [0.5, 0.6) is 0 Å². The van der Waals surface area contributed by atoms with Crippen LogP contribution in [0, 0.1) is 0 Å². The third-order valence-electron chi connectivity index (χ3n) is 13.1. The number of quaternary nitrogens is 1. The van der Waals surface area contributed by atoms with Crippen molar-refractivity contribution in [3.8, 4) is 0 Å². The first-order valence-electron chi connectivity index (χ1n) is 30.8. The number of hydrogen-bond donors (Lipinski definition) is 1. The van der Waals surface area contributed by atoms with Gasteiger partial charge >= 0.3 is 17.9 Å². The summed E-state index contributed by atoms with van der Waals surface area (Å²) in [4.78, 5) is 37.4. The molecule has 0 saturated heterocycles. The number of ether oxygens (including phenoxy) is 4. The van der Waals surface area contributed by atoms with E-state index in [4.69, 9.17) is 18.9 Å². The van der Waals surface area contributed by atoms with E-state index in [1.807, 2.05) is 21.1 Å². The zero-order valence-corrected chi connectivity index (χ0v) is 49.2. The summed E-state index contributed by atoms with van der Waals surface area (Å²) in [7, 11) is 5.96. The van der Waals surface area contributed by atoms with Gasteiger partial charge in [0.1, 0.15) is 13.2 Å². The number of likely N-dealkylation sites (N-methyl/N-ethyl adjacent to an activating group) is 1. The smallest absolute Gasteiger partial charge is 0.361 e. The summed E-state index contributed by atoms with van der Waals surface area (Å²) in [6, 6.07) is 0. The second kappa shape index (κ2) is 56.7. The molecule has 0 saturated carbocycles. The fraction of sp³-hybridized carbons (Fsp3) is 0.742. The van der Waals surface area contributed by atoms with Gasteiger partial charge in [-0.1, -0.05) is 247 Å². The van der Waals surface area contributed by atoms with Gasteiger partial charge in [0.2, 0.25) is 0 Å². The Morgan fingerprint density at radius 1 is 0.400 bits per heavy atom. The zero-order valence-electron chi connectivity index (χ0n) is 49.2. The average Bonchev–Trinajstić information content (AvgIpc) is 3.38. The summed E-state index contributed by atoms with van der Waals surface area (Å²) in [5.74, 6) is -2.02. The summed E-state index contributed by atoms with van der Waals surface area (Å²) >= 11 is 0. The Morgan fingerprint density at radius 3 is 1.07 bits per heavy atom. The second-order valence-corrected chi connectivity index (χ2v) is 21.6. The molecule has 0 spiro atoms. The molecule has 0 aromatic rings. The lowest BCUT2D eigenvalue weighted by molar-refractivity contribution is -0.870. The van der Waals surface area contributed by atoms with Crippen LogP contribution < -0.4 is 0 Å². The first-order valence-corrected chi connectivity index (χ1v) is 30.8. The molecule has 0 aromatic carbocycles. The molecule has 2 atom stereocenters. The molecule has 0 aliphatic heterocycles. The molecule has 432 valence electrons. The molecule has 0 rings (SSSR count). The topological polar surface area (TPSA) is 108 Å². The number of carbonyl (C=O) groups excluding carboxylic acids is 2. The Balaban J connectivity index is 4.05. The quantitative estimate of drug-likeness (QED) is 0.0211. The number of carboxylic acid groups (broad SMARTS) is 1. The number of allylic oxidation sites excluding steroid dienone is 14. The molecule has 0 aliphatic rings. The van der Waals surface area contributed by atoms with Crippen LogP contribution in [0.4, 0.5) is 0 Å². The van der Waals surface area contributed by atoms with Crippen molar-refractivity contribution >= 4 is 17.9 Å². The largest absolute Gasteiger partial charge is 0.477 e. The normalized spacial score (nSPS) is 13.3. The van der Waals surface area contributed by atoms with Gasteiger partial charge in [-0.2, -0.15) is 0 Å². The van der Waals surface area contributed by atoms with Crippen molar-refractivity contribution in [2.24, 2.45) is 0 Å². The van der Waals surface area contributed by atoms with Crippen LogP contribution in [-0.4, -0.2) is 87.4 Å². The molecule has 0 radical (unpaired) electrons. The van der Waals surface area contributed by atoms with Gasteiger partial charge in [0.05, 0.1) is 34.4 Å². The molecule has 9 heteroatoms. The lowest BCUT2D eigenvalue weighted by Gasteiger charge is -2.25. The number of esters is 2. The molecule has 75 heavy (non-hydrogen) atoms. The monoisotopic (exact) mass is 1050 g/mol. The highest BCUT2D eigenvalue weighted by atomic mass is 16.7. The second-order valence-electron chi connectivity index (χ2n) is 21.6. The van der Waals surface area contributed by atoms with E-state index in [1.54, 1.807) is 0 Å². The summed E-state index contributed by atoms with van der Waals surface area (Å²) < 4.78 is 22.9. The molecule has 0 aliphatic carbocycles. The van der Waals surface area contributed by atoms with Crippen molar-refractivity contribution in [1.29, 1.82) is 0 Å². The molecule has 0 aromatic heterocycles. The van der Waals surface area contributed by atoms with Crippen LogP contribution in [0.2, 0.25) is 0 Å². The van der Waals surface area contributed by atoms with Crippen LogP contribution in [0.1, 0.15) is 258 Å². The molecule has 0 bridgehead atoms. The number of hydrogen-bond acceptors (Lipinski definition) is 7. The molecule has 0 heterocycles. The van der Waals surface area contributed by atoms with Crippen molar-refractivity contribution in [3.05, 3.63) is 85.1 Å². The Hall–Kier alpha value is -3.53. The van der Waals surface area contributed by atoms with Gasteiger partial charge in [-0.05, 0) is 83.5 Å². The SMILES string of the molecule is CC/C=C\C/C=C\C/C=C\C/C=C\CCCCCCCCCCCCCCCCCCCCCCCCC(=O)OC(COC(=O)CCCCCCC/C=C\C/C=C\C/C=C\CC)COC(OCC[N+](C)(C)C)C(=O)O. The van der Waals surface area contributed by atoms with E-state index in [1.165, 1.54) is 128 Å². The van der Waals surface area contributed by atoms with Crippen molar-refractivity contribution in [3.63, 3.8) is 0 Å². The maximum atomic E-state index is 12.9. The van der Waals surface area contributed by atoms with Crippen LogP contribution in [0.15, 0.2) is 85.1 Å². The fourth-order valence-corrected chi connectivity index (χ4v) is 8.49. The average molecular weight is 1050 g/mol. The van der Waals surface area contributed by atoms with Gasteiger partial charge < -0.3 is 28.5 Å². The maximum Gasteiger partial charge on any atom is 0.361 e. The van der Waals surface area contributed by atoms with Crippen molar-refractivity contribution in [2.45, 2.75) is 270 Å². The van der Waals surface area contributed by atoms with E-state index in [2.05, 4.69) is 98.9 Å². The van der Waals surface area contributed by atoms with E-state index in [0.29, 0.717) is 11.0 Å². The first kappa shape index (κ1) is 71.5. The van der Waals surface area contributed by atoms with Gasteiger partial charge in [0, 0.05) is 12.8 Å². The fourth-order valence-electron chi connectivity index (χ4n) is 8.49. The van der Waals surface area contributed by atoms with Crippen molar-refractivity contribution < 1.29 is 42.9 Å². The van der Waals surface area contributed by atoms with Gasteiger partial charge in [0.25, 0.3) is 6.29 Å². The summed E-state index contributed by atoms with van der Waals surface area (Å²) in [5, 5.41) is 9.70. The Kier molecular flexibility index (Phi) is 54.0. The Bertz CT molecular complexity index is 1500. The number of carbonyl (C=O) groups is 3. The molecular formula is C66H116NO8+. The summed E-state index contributed by atoms with van der Waals surface area (Å²) in [6.07, 6.45) is 72.6. The number of carboxylic acids is 1. The Labute approximate surface area is 461 Å². The summed E-state index contributed by atoms with van der Waals surface area (Å²) in [5.41, 5.74) is 0. The molecule has 1 N–H and O–H groups in total. The third-order valence-corrected chi connectivity index (χ3v) is 13.1. The van der Waals surface area contributed by atoms with Gasteiger partial charge in [-0.25, -0.2) is 4.79 Å². The van der Waals surface area contributed by atoms with Crippen LogP contribution in [0.3, 0.4) is 0 Å². The van der Waals surface area contributed by atoms with Gasteiger partial charge in [0.15, 0.2) is 6.10 Å². The van der Waals surface area contributed by atoms with E-state index >= 15 is 0 Å². The zero-order chi connectivity index (χ0) is 54.8. The predicted molar refractivity (Wildman–Crippen MR) is 318 cm³/mol. The van der Waals surface area contributed by atoms with Gasteiger partial charge in [-0.3, -0.25) is 9.59 Å². The highest BCUT2D eigenvalue weighted by Gasteiger charge is 2.25. The third kappa shape index (κ3) is 58.0. The van der Waals surface area contributed by atoms with Crippen LogP contribution >= 0.6 is 0 Å². The van der Waals surface area contributed by atoms with Crippen molar-refractivity contribution in [2.75, 3.05) is 47.5 Å². The lowest BCUT2D eigenvalue weighted by atomic mass is 10.0. The number of nitrogens with zero attached hydrogens (tertiary/aromatic N) is 1. The standard InChI is InChI=1S/C66H115NO8/c1-6-8-10-12-14-16-18-20-22-23-24-25-26-27-28-29-30-31-32-33-34-35-36-37-38-39-40-41-43-45-47-49-51-53-55-57-64(69)75-62(61-74-66(65(70)71)72-59-58-67(3,4)5)60-73-63(68)56-54-52-50-48-46-44-42-21-19-17-15-13-11-9-7-2/h8-11,14-17,20-22,24-25,42,62,66H,6-7,12-13,18-19,23,26-41,43-61H2,1-5H3/p+1/b10-8-,11-9-,16-14-,17-15-,22-20-,25-24-,42-21-. The minimum absolute atomic E-state index is 0.183. The summed E-state index contributed by atoms with van der Waals surface area (Å²) in [6.45, 7) is 4.64. The van der Waals surface area contributed by atoms with Gasteiger partial charge in [-0.15, -0.1) is 0 Å².